The second-order valence-corrected chi connectivity index (χ2v) is 4.26. The molecule has 0 aromatic heterocycles. The van der Waals surface area contributed by atoms with Gasteiger partial charge in [-0.25, -0.2) is 0 Å². The average molecular weight is 240 g/mol. The Morgan fingerprint density at radius 3 is 2.62 bits per heavy atom. The molecule has 0 bridgehead atoms. The molecule has 1 saturated heterocycles. The number of halogens is 1. The quantitative estimate of drug-likeness (QED) is 0.804. The van der Waals surface area contributed by atoms with Crippen molar-refractivity contribution in [2.45, 2.75) is 19.8 Å². The molecule has 2 rings (SSSR count). The average Bonchev–Trinajstić information content (AvgIpc) is 2.29. The van der Waals surface area contributed by atoms with Gasteiger partial charge in [-0.05, 0) is 38.9 Å². The number of benzene rings is 1. The Morgan fingerprint density at radius 1 is 1.31 bits per heavy atom. The standard InChI is InChI=1S/C13H17NO.ClH/c1-10-3-2-4-12(9-10)13(15)11-5-7-14-8-6-11;/h2-4,9,11,14H,5-8H2,1H3;1H. The first-order valence-electron chi connectivity index (χ1n) is 5.59. The van der Waals surface area contributed by atoms with Crippen molar-refractivity contribution in [2.75, 3.05) is 13.1 Å². The summed E-state index contributed by atoms with van der Waals surface area (Å²) in [7, 11) is 0. The number of nitrogens with one attached hydrogen (secondary N) is 1. The minimum absolute atomic E-state index is 0. The molecule has 0 aliphatic carbocycles. The third kappa shape index (κ3) is 3.06. The molecule has 1 heterocycles. The zero-order valence-electron chi connectivity index (χ0n) is 9.53. The summed E-state index contributed by atoms with van der Waals surface area (Å²) in [5, 5.41) is 3.28. The molecule has 1 N–H and O–H groups in total. The Labute approximate surface area is 103 Å². The van der Waals surface area contributed by atoms with E-state index in [0.717, 1.165) is 37.1 Å². The number of carbonyl (C=O) groups is 1. The summed E-state index contributed by atoms with van der Waals surface area (Å²) in [6, 6.07) is 7.91. The van der Waals surface area contributed by atoms with E-state index in [9.17, 15) is 4.79 Å². The van der Waals surface area contributed by atoms with Gasteiger partial charge in [-0.1, -0.05) is 23.8 Å². The van der Waals surface area contributed by atoms with E-state index >= 15 is 0 Å². The van der Waals surface area contributed by atoms with E-state index in [1.54, 1.807) is 0 Å². The number of carbonyl (C=O) groups excluding carboxylic acids is 1. The molecular formula is C13H18ClNO. The van der Waals surface area contributed by atoms with Gasteiger partial charge in [-0.15, -0.1) is 12.4 Å². The Hall–Kier alpha value is -0.860. The van der Waals surface area contributed by atoms with Crippen LogP contribution < -0.4 is 5.32 Å². The van der Waals surface area contributed by atoms with Gasteiger partial charge < -0.3 is 5.32 Å². The third-order valence-corrected chi connectivity index (χ3v) is 3.01. The van der Waals surface area contributed by atoms with Gasteiger partial charge in [0.15, 0.2) is 5.78 Å². The van der Waals surface area contributed by atoms with Gasteiger partial charge in [0, 0.05) is 11.5 Å². The minimum atomic E-state index is 0. The molecule has 1 aliphatic rings. The van der Waals surface area contributed by atoms with Crippen molar-refractivity contribution in [1.29, 1.82) is 0 Å². The highest BCUT2D eigenvalue weighted by atomic mass is 35.5. The first-order chi connectivity index (χ1) is 7.27. The lowest BCUT2D eigenvalue weighted by atomic mass is 9.89. The second-order valence-electron chi connectivity index (χ2n) is 4.26. The van der Waals surface area contributed by atoms with E-state index in [1.165, 1.54) is 0 Å². The SMILES string of the molecule is Cc1cccc(C(=O)C2CCNCC2)c1.Cl. The molecule has 88 valence electrons. The van der Waals surface area contributed by atoms with Crippen molar-refractivity contribution in [2.24, 2.45) is 5.92 Å². The first kappa shape index (κ1) is 13.2. The molecule has 0 spiro atoms. The van der Waals surface area contributed by atoms with Gasteiger partial charge >= 0.3 is 0 Å². The van der Waals surface area contributed by atoms with E-state index in [0.29, 0.717) is 5.78 Å². The number of piperidine rings is 1. The Kier molecular flexibility index (Phi) is 4.97. The molecule has 1 aromatic carbocycles. The maximum atomic E-state index is 12.1. The topological polar surface area (TPSA) is 29.1 Å². The van der Waals surface area contributed by atoms with E-state index in [-0.39, 0.29) is 18.3 Å². The van der Waals surface area contributed by atoms with Crippen LogP contribution in [0.2, 0.25) is 0 Å². The van der Waals surface area contributed by atoms with Crippen molar-refractivity contribution in [3.05, 3.63) is 35.4 Å². The summed E-state index contributed by atoms with van der Waals surface area (Å²) in [6.07, 6.45) is 1.96. The maximum absolute atomic E-state index is 12.1. The number of ketones is 1. The molecule has 16 heavy (non-hydrogen) atoms. The Balaban J connectivity index is 0.00000128. The highest BCUT2D eigenvalue weighted by Gasteiger charge is 2.21. The largest absolute Gasteiger partial charge is 0.317 e. The zero-order valence-corrected chi connectivity index (χ0v) is 10.3. The maximum Gasteiger partial charge on any atom is 0.166 e. The summed E-state index contributed by atoms with van der Waals surface area (Å²) in [5.41, 5.74) is 2.04. The fourth-order valence-corrected chi connectivity index (χ4v) is 2.12. The van der Waals surface area contributed by atoms with Crippen LogP contribution in [0.4, 0.5) is 0 Å². The highest BCUT2D eigenvalue weighted by Crippen LogP contribution is 2.18. The molecule has 0 radical (unpaired) electrons. The summed E-state index contributed by atoms with van der Waals surface area (Å²) in [6.45, 7) is 3.98. The lowest BCUT2D eigenvalue weighted by Crippen LogP contribution is -2.31. The molecule has 1 aromatic rings. The predicted molar refractivity (Wildman–Crippen MR) is 68.4 cm³/mol. The first-order valence-corrected chi connectivity index (χ1v) is 5.59. The van der Waals surface area contributed by atoms with Gasteiger partial charge in [0.1, 0.15) is 0 Å². The molecule has 0 unspecified atom stereocenters. The van der Waals surface area contributed by atoms with Crippen molar-refractivity contribution in [3.63, 3.8) is 0 Å². The van der Waals surface area contributed by atoms with Crippen molar-refractivity contribution in [1.82, 2.24) is 5.32 Å². The second kappa shape index (κ2) is 6.02. The highest BCUT2D eigenvalue weighted by molar-refractivity contribution is 5.98. The molecule has 1 aliphatic heterocycles. The van der Waals surface area contributed by atoms with Crippen LogP contribution in [0.1, 0.15) is 28.8 Å². The Morgan fingerprint density at radius 2 is 2.00 bits per heavy atom. The van der Waals surface area contributed by atoms with Crippen molar-refractivity contribution < 1.29 is 4.79 Å². The van der Waals surface area contributed by atoms with Crippen LogP contribution in [-0.4, -0.2) is 18.9 Å². The molecule has 0 atom stereocenters. The van der Waals surface area contributed by atoms with Crippen LogP contribution in [0.5, 0.6) is 0 Å². The molecule has 0 amide bonds. The summed E-state index contributed by atoms with van der Waals surface area (Å²) < 4.78 is 0. The number of aryl methyl sites for hydroxylation is 1. The van der Waals surface area contributed by atoms with Gasteiger partial charge in [-0.3, -0.25) is 4.79 Å². The number of Topliss-reactive ketones (excluding diaryl/α,β-unsaturated/α-hetero) is 1. The van der Waals surface area contributed by atoms with Crippen LogP contribution in [0.3, 0.4) is 0 Å². The van der Waals surface area contributed by atoms with Gasteiger partial charge in [-0.2, -0.15) is 0 Å². The fourth-order valence-electron chi connectivity index (χ4n) is 2.12. The number of hydrogen-bond donors (Lipinski definition) is 1. The predicted octanol–water partition coefficient (Wildman–Crippen LogP) is 2.60. The van der Waals surface area contributed by atoms with Gasteiger partial charge in [0.2, 0.25) is 0 Å². The lowest BCUT2D eigenvalue weighted by molar-refractivity contribution is 0.0895. The van der Waals surface area contributed by atoms with Gasteiger partial charge in [0.25, 0.3) is 0 Å². The molecule has 0 saturated carbocycles. The van der Waals surface area contributed by atoms with E-state index in [4.69, 9.17) is 0 Å². The minimum Gasteiger partial charge on any atom is -0.317 e. The number of rotatable bonds is 2. The van der Waals surface area contributed by atoms with E-state index in [1.807, 2.05) is 31.2 Å². The summed E-state index contributed by atoms with van der Waals surface area (Å²) >= 11 is 0. The molecule has 2 nitrogen and oxygen atoms in total. The smallest absolute Gasteiger partial charge is 0.166 e. The summed E-state index contributed by atoms with van der Waals surface area (Å²) in [5.74, 6) is 0.549. The van der Waals surface area contributed by atoms with Crippen LogP contribution in [0.25, 0.3) is 0 Å². The van der Waals surface area contributed by atoms with Crippen LogP contribution >= 0.6 is 12.4 Å². The Bertz CT molecular complexity index is 359. The number of hydrogen-bond acceptors (Lipinski definition) is 2. The third-order valence-electron chi connectivity index (χ3n) is 3.01. The molecule has 1 fully saturated rings. The zero-order chi connectivity index (χ0) is 10.7. The van der Waals surface area contributed by atoms with Crippen LogP contribution in [0, 0.1) is 12.8 Å². The van der Waals surface area contributed by atoms with E-state index < -0.39 is 0 Å². The van der Waals surface area contributed by atoms with Crippen molar-refractivity contribution >= 4 is 18.2 Å². The monoisotopic (exact) mass is 239 g/mol. The molecule has 3 heteroatoms. The fraction of sp³-hybridized carbons (Fsp3) is 0.462. The summed E-state index contributed by atoms with van der Waals surface area (Å²) in [4.78, 5) is 12.1. The normalized spacial score (nSPS) is 16.6. The van der Waals surface area contributed by atoms with Crippen LogP contribution in [0.15, 0.2) is 24.3 Å². The molecular weight excluding hydrogens is 222 g/mol. The lowest BCUT2D eigenvalue weighted by Gasteiger charge is -2.21. The van der Waals surface area contributed by atoms with Crippen LogP contribution in [-0.2, 0) is 0 Å². The van der Waals surface area contributed by atoms with Crippen molar-refractivity contribution in [3.8, 4) is 0 Å². The van der Waals surface area contributed by atoms with E-state index in [2.05, 4.69) is 5.32 Å². The van der Waals surface area contributed by atoms with Gasteiger partial charge in [0.05, 0.1) is 0 Å².